The van der Waals surface area contributed by atoms with Gasteiger partial charge in [0.25, 0.3) is 5.91 Å². The Balaban J connectivity index is 2.43. The Labute approximate surface area is 113 Å². The third-order valence-electron chi connectivity index (χ3n) is 2.70. The highest BCUT2D eigenvalue weighted by atomic mass is 32.1. The van der Waals surface area contributed by atoms with E-state index in [-0.39, 0.29) is 11.9 Å². The van der Waals surface area contributed by atoms with E-state index in [9.17, 15) is 4.79 Å². The molecule has 1 rings (SSSR count). The van der Waals surface area contributed by atoms with E-state index in [0.29, 0.717) is 18.2 Å². The zero-order valence-electron chi connectivity index (χ0n) is 11.4. The lowest BCUT2D eigenvalue weighted by Crippen LogP contribution is -2.33. The van der Waals surface area contributed by atoms with Gasteiger partial charge in [0.1, 0.15) is 5.69 Å². The van der Waals surface area contributed by atoms with Crippen LogP contribution in [0.15, 0.2) is 5.38 Å². The molecule has 5 heteroatoms. The lowest BCUT2D eigenvalue weighted by molar-refractivity contribution is 0.0932. The number of nitrogens with one attached hydrogen (secondary N) is 1. The maximum absolute atomic E-state index is 11.9. The fourth-order valence-electron chi connectivity index (χ4n) is 1.61. The minimum absolute atomic E-state index is 0.0780. The SMILES string of the molecule is CC(C)CCC(C)NC(=O)c1csc(CCN)n1. The molecule has 4 nitrogen and oxygen atoms in total. The molecule has 3 N–H and O–H groups in total. The summed E-state index contributed by atoms with van der Waals surface area (Å²) in [5, 5.41) is 5.71. The topological polar surface area (TPSA) is 68.0 Å². The number of thiazole rings is 1. The van der Waals surface area contributed by atoms with Crippen molar-refractivity contribution in [1.82, 2.24) is 10.3 Å². The number of hydrogen-bond acceptors (Lipinski definition) is 4. The van der Waals surface area contributed by atoms with Crippen molar-refractivity contribution in [2.75, 3.05) is 6.54 Å². The molecule has 0 radical (unpaired) electrons. The van der Waals surface area contributed by atoms with Crippen molar-refractivity contribution in [1.29, 1.82) is 0 Å². The second-order valence-electron chi connectivity index (χ2n) is 5.01. The summed E-state index contributed by atoms with van der Waals surface area (Å²) in [6.45, 7) is 6.98. The minimum Gasteiger partial charge on any atom is -0.348 e. The molecule has 0 aliphatic heterocycles. The molecule has 0 fully saturated rings. The fraction of sp³-hybridized carbons (Fsp3) is 0.692. The van der Waals surface area contributed by atoms with Crippen LogP contribution in [0.5, 0.6) is 0 Å². The quantitative estimate of drug-likeness (QED) is 0.797. The number of carbonyl (C=O) groups is 1. The van der Waals surface area contributed by atoms with Gasteiger partial charge in [0.15, 0.2) is 0 Å². The molecule has 1 atom stereocenters. The highest BCUT2D eigenvalue weighted by Gasteiger charge is 2.13. The lowest BCUT2D eigenvalue weighted by atomic mass is 10.0. The van der Waals surface area contributed by atoms with Gasteiger partial charge < -0.3 is 11.1 Å². The van der Waals surface area contributed by atoms with Crippen LogP contribution in [0.25, 0.3) is 0 Å². The van der Waals surface area contributed by atoms with Crippen LogP contribution < -0.4 is 11.1 Å². The van der Waals surface area contributed by atoms with E-state index in [4.69, 9.17) is 5.73 Å². The number of aromatic nitrogens is 1. The third-order valence-corrected chi connectivity index (χ3v) is 3.61. The van der Waals surface area contributed by atoms with Crippen molar-refractivity contribution >= 4 is 17.2 Å². The van der Waals surface area contributed by atoms with E-state index >= 15 is 0 Å². The van der Waals surface area contributed by atoms with Crippen LogP contribution in [0.1, 0.15) is 49.1 Å². The fourth-order valence-corrected chi connectivity index (χ4v) is 2.40. The van der Waals surface area contributed by atoms with Gasteiger partial charge in [0.05, 0.1) is 5.01 Å². The first-order chi connectivity index (χ1) is 8.52. The molecule has 102 valence electrons. The van der Waals surface area contributed by atoms with Gasteiger partial charge in [0.2, 0.25) is 0 Å². The molecule has 0 bridgehead atoms. The lowest BCUT2D eigenvalue weighted by Gasteiger charge is -2.14. The Kier molecular flexibility index (Phi) is 6.29. The monoisotopic (exact) mass is 269 g/mol. The summed E-state index contributed by atoms with van der Waals surface area (Å²) in [7, 11) is 0. The van der Waals surface area contributed by atoms with E-state index in [0.717, 1.165) is 24.3 Å². The van der Waals surface area contributed by atoms with Crippen LogP contribution in [0.4, 0.5) is 0 Å². The van der Waals surface area contributed by atoms with Gasteiger partial charge in [-0.15, -0.1) is 11.3 Å². The Morgan fingerprint density at radius 1 is 1.44 bits per heavy atom. The molecule has 0 spiro atoms. The molecule has 1 unspecified atom stereocenters. The molecule has 1 amide bonds. The molecule has 0 saturated heterocycles. The molecule has 1 heterocycles. The number of nitrogens with zero attached hydrogens (tertiary/aromatic N) is 1. The van der Waals surface area contributed by atoms with Gasteiger partial charge in [-0.2, -0.15) is 0 Å². The number of nitrogens with two attached hydrogens (primary N) is 1. The number of hydrogen-bond donors (Lipinski definition) is 2. The van der Waals surface area contributed by atoms with Gasteiger partial charge in [-0.25, -0.2) is 4.98 Å². The van der Waals surface area contributed by atoms with Crippen LogP contribution in [0.3, 0.4) is 0 Å². The van der Waals surface area contributed by atoms with Crippen molar-refractivity contribution in [2.45, 2.75) is 46.1 Å². The first kappa shape index (κ1) is 15.1. The van der Waals surface area contributed by atoms with E-state index < -0.39 is 0 Å². The zero-order chi connectivity index (χ0) is 13.5. The molecule has 0 saturated carbocycles. The summed E-state index contributed by atoms with van der Waals surface area (Å²) in [6, 6.07) is 0.194. The summed E-state index contributed by atoms with van der Waals surface area (Å²) in [6.07, 6.45) is 2.86. The van der Waals surface area contributed by atoms with Crippen molar-refractivity contribution in [2.24, 2.45) is 11.7 Å². The Hall–Kier alpha value is -0.940. The first-order valence-electron chi connectivity index (χ1n) is 6.48. The summed E-state index contributed by atoms with van der Waals surface area (Å²) in [5.74, 6) is 0.588. The molecular formula is C13H23N3OS. The molecule has 1 aromatic heterocycles. The van der Waals surface area contributed by atoms with Gasteiger partial charge in [-0.1, -0.05) is 13.8 Å². The van der Waals surface area contributed by atoms with Crippen molar-refractivity contribution in [3.63, 3.8) is 0 Å². The van der Waals surface area contributed by atoms with Crippen LogP contribution in [-0.2, 0) is 6.42 Å². The second kappa shape index (κ2) is 7.48. The maximum atomic E-state index is 11.9. The smallest absolute Gasteiger partial charge is 0.270 e. The van der Waals surface area contributed by atoms with Gasteiger partial charge >= 0.3 is 0 Å². The van der Waals surface area contributed by atoms with E-state index in [2.05, 4.69) is 24.1 Å². The molecule has 0 aromatic carbocycles. The molecule has 0 aliphatic rings. The molecule has 1 aromatic rings. The van der Waals surface area contributed by atoms with Gasteiger partial charge in [-0.3, -0.25) is 4.79 Å². The first-order valence-corrected chi connectivity index (χ1v) is 7.36. The third kappa shape index (κ3) is 5.14. The number of rotatable bonds is 7. The Morgan fingerprint density at radius 2 is 2.17 bits per heavy atom. The van der Waals surface area contributed by atoms with E-state index in [1.807, 2.05) is 6.92 Å². The van der Waals surface area contributed by atoms with Crippen molar-refractivity contribution in [3.05, 3.63) is 16.1 Å². The van der Waals surface area contributed by atoms with Crippen LogP contribution in [0.2, 0.25) is 0 Å². The molecular weight excluding hydrogens is 246 g/mol. The van der Waals surface area contributed by atoms with E-state index in [1.54, 1.807) is 5.38 Å². The summed E-state index contributed by atoms with van der Waals surface area (Å²) in [5.41, 5.74) is 5.97. The van der Waals surface area contributed by atoms with Gasteiger partial charge in [-0.05, 0) is 32.2 Å². The summed E-state index contributed by atoms with van der Waals surface area (Å²) in [4.78, 5) is 16.2. The maximum Gasteiger partial charge on any atom is 0.270 e. The van der Waals surface area contributed by atoms with E-state index in [1.165, 1.54) is 11.3 Å². The molecule has 18 heavy (non-hydrogen) atoms. The highest BCUT2D eigenvalue weighted by Crippen LogP contribution is 2.11. The van der Waals surface area contributed by atoms with Crippen LogP contribution >= 0.6 is 11.3 Å². The molecule has 0 aliphatic carbocycles. The standard InChI is InChI=1S/C13H23N3OS/c1-9(2)4-5-10(3)15-13(17)11-8-18-12(16-11)6-7-14/h8-10H,4-7,14H2,1-3H3,(H,15,17). The largest absolute Gasteiger partial charge is 0.348 e. The average molecular weight is 269 g/mol. The second-order valence-corrected chi connectivity index (χ2v) is 5.95. The predicted octanol–water partition coefficient (Wildman–Crippen LogP) is 2.20. The Bertz CT molecular complexity index is 376. The van der Waals surface area contributed by atoms with Gasteiger partial charge in [0, 0.05) is 17.8 Å². The summed E-state index contributed by atoms with van der Waals surface area (Å²) < 4.78 is 0. The highest BCUT2D eigenvalue weighted by molar-refractivity contribution is 7.09. The Morgan fingerprint density at radius 3 is 2.78 bits per heavy atom. The predicted molar refractivity (Wildman–Crippen MR) is 75.9 cm³/mol. The number of amides is 1. The zero-order valence-corrected chi connectivity index (χ0v) is 12.2. The van der Waals surface area contributed by atoms with Crippen LogP contribution in [-0.4, -0.2) is 23.5 Å². The van der Waals surface area contributed by atoms with Crippen LogP contribution in [0, 0.1) is 5.92 Å². The minimum atomic E-state index is -0.0780. The summed E-state index contributed by atoms with van der Waals surface area (Å²) >= 11 is 1.50. The normalized spacial score (nSPS) is 12.7. The number of carbonyl (C=O) groups excluding carboxylic acids is 1. The van der Waals surface area contributed by atoms with Crippen molar-refractivity contribution in [3.8, 4) is 0 Å². The average Bonchev–Trinajstić information content (AvgIpc) is 2.75. The van der Waals surface area contributed by atoms with Crippen molar-refractivity contribution < 1.29 is 4.79 Å².